The average Bonchev–Trinajstić information content (AvgIpc) is 2.40. The van der Waals surface area contributed by atoms with Gasteiger partial charge in [0.05, 0.1) is 17.4 Å². The zero-order valence-electron chi connectivity index (χ0n) is 10.0. The van der Waals surface area contributed by atoms with Gasteiger partial charge in [-0.25, -0.2) is 13.4 Å². The van der Waals surface area contributed by atoms with E-state index in [1.165, 1.54) is 36.5 Å². The Kier molecular flexibility index (Phi) is 3.79. The van der Waals surface area contributed by atoms with Crippen molar-refractivity contribution in [2.75, 3.05) is 10.5 Å². The lowest BCUT2D eigenvalue weighted by Gasteiger charge is -2.09. The normalized spacial score (nSPS) is 10.8. The fraction of sp³-hybridized carbons (Fsp3) is 0. The second-order valence-electron chi connectivity index (χ2n) is 3.84. The Bertz CT molecular complexity index is 782. The molecule has 0 bridgehead atoms. The Balaban J connectivity index is 2.41. The largest absolute Gasteiger partial charge is 0.399 e. The van der Waals surface area contributed by atoms with Gasteiger partial charge in [-0.05, 0) is 30.3 Å². The highest BCUT2D eigenvalue weighted by molar-refractivity contribution is 7.92. The number of nitrogens with two attached hydrogens (primary N) is 1. The Hall–Kier alpha value is -2.30. The number of sulfonamides is 1. The first kappa shape index (κ1) is 14.1. The standard InChI is InChI=1S/C12H9ClN4O2S/c13-12-4-2-10(7-16-12)17-20(18,19)11-3-1-9(15)5-8(11)6-14/h1-5,7,17H,15H2. The van der Waals surface area contributed by atoms with Crippen LogP contribution in [0.4, 0.5) is 11.4 Å². The third-order valence-corrected chi connectivity index (χ3v) is 4.06. The number of hydrogen-bond donors (Lipinski definition) is 2. The molecule has 0 amide bonds. The van der Waals surface area contributed by atoms with Gasteiger partial charge < -0.3 is 5.73 Å². The fourth-order valence-electron chi connectivity index (χ4n) is 1.52. The predicted octanol–water partition coefficient (Wildman–Crippen LogP) is 1.99. The predicted molar refractivity (Wildman–Crippen MR) is 75.6 cm³/mol. The van der Waals surface area contributed by atoms with Crippen LogP contribution >= 0.6 is 11.6 Å². The van der Waals surface area contributed by atoms with E-state index in [2.05, 4.69) is 9.71 Å². The maximum Gasteiger partial charge on any atom is 0.263 e. The van der Waals surface area contributed by atoms with Crippen LogP contribution < -0.4 is 10.5 Å². The highest BCUT2D eigenvalue weighted by Gasteiger charge is 2.19. The molecule has 2 rings (SSSR count). The summed E-state index contributed by atoms with van der Waals surface area (Å²) in [5, 5.41) is 9.23. The van der Waals surface area contributed by atoms with Gasteiger partial charge in [0.25, 0.3) is 10.0 Å². The molecule has 1 aromatic heterocycles. The molecule has 1 heterocycles. The van der Waals surface area contributed by atoms with Gasteiger partial charge in [-0.2, -0.15) is 5.26 Å². The molecule has 0 fully saturated rings. The number of nitriles is 1. The van der Waals surface area contributed by atoms with Crippen LogP contribution in [0.15, 0.2) is 41.4 Å². The first-order valence-corrected chi connectivity index (χ1v) is 7.22. The van der Waals surface area contributed by atoms with Gasteiger partial charge in [-0.3, -0.25) is 4.72 Å². The summed E-state index contributed by atoms with van der Waals surface area (Å²) in [5.41, 5.74) is 6.06. The molecule has 0 unspecified atom stereocenters. The summed E-state index contributed by atoms with van der Waals surface area (Å²) in [7, 11) is -3.90. The van der Waals surface area contributed by atoms with Crippen LogP contribution in [0.1, 0.15) is 5.56 Å². The summed E-state index contributed by atoms with van der Waals surface area (Å²) in [5.74, 6) is 0. The third-order valence-electron chi connectivity index (χ3n) is 2.39. The number of pyridine rings is 1. The van der Waals surface area contributed by atoms with E-state index in [-0.39, 0.29) is 21.3 Å². The number of hydrogen-bond acceptors (Lipinski definition) is 5. The molecular formula is C12H9ClN4O2S. The van der Waals surface area contributed by atoms with Crippen molar-refractivity contribution in [1.29, 1.82) is 5.26 Å². The SMILES string of the molecule is N#Cc1cc(N)ccc1S(=O)(=O)Nc1ccc(Cl)nc1. The number of nitrogens with one attached hydrogen (secondary N) is 1. The average molecular weight is 309 g/mol. The molecule has 0 aliphatic heterocycles. The van der Waals surface area contributed by atoms with Crippen molar-refractivity contribution >= 4 is 33.0 Å². The number of nitrogen functional groups attached to an aromatic ring is 1. The molecule has 2 aromatic rings. The Morgan fingerprint density at radius 1 is 1.30 bits per heavy atom. The van der Waals surface area contributed by atoms with Crippen molar-refractivity contribution in [3.8, 4) is 6.07 Å². The number of nitrogens with zero attached hydrogens (tertiary/aromatic N) is 2. The van der Waals surface area contributed by atoms with Crippen LogP contribution in [0.25, 0.3) is 0 Å². The molecule has 0 aliphatic rings. The second kappa shape index (κ2) is 5.36. The lowest BCUT2D eigenvalue weighted by Crippen LogP contribution is -2.14. The fourth-order valence-corrected chi connectivity index (χ4v) is 2.81. The lowest BCUT2D eigenvalue weighted by atomic mass is 10.2. The first-order chi connectivity index (χ1) is 9.42. The molecule has 0 aliphatic carbocycles. The Morgan fingerprint density at radius 3 is 2.65 bits per heavy atom. The van der Waals surface area contributed by atoms with Crippen LogP contribution in [0, 0.1) is 11.3 Å². The van der Waals surface area contributed by atoms with Crippen LogP contribution in [0.2, 0.25) is 5.15 Å². The van der Waals surface area contributed by atoms with E-state index in [0.29, 0.717) is 5.69 Å². The van der Waals surface area contributed by atoms with Gasteiger partial charge in [-0.15, -0.1) is 0 Å². The monoisotopic (exact) mass is 308 g/mol. The highest BCUT2D eigenvalue weighted by atomic mass is 35.5. The third kappa shape index (κ3) is 2.99. The van der Waals surface area contributed by atoms with E-state index >= 15 is 0 Å². The van der Waals surface area contributed by atoms with Gasteiger partial charge in [0.15, 0.2) is 0 Å². The molecule has 0 saturated carbocycles. The van der Waals surface area contributed by atoms with Gasteiger partial charge in [0.2, 0.25) is 0 Å². The second-order valence-corrected chi connectivity index (χ2v) is 5.88. The van der Waals surface area contributed by atoms with Gasteiger partial charge in [-0.1, -0.05) is 11.6 Å². The first-order valence-electron chi connectivity index (χ1n) is 5.36. The van der Waals surface area contributed by atoms with Crippen molar-refractivity contribution in [2.24, 2.45) is 0 Å². The zero-order chi connectivity index (χ0) is 14.8. The van der Waals surface area contributed by atoms with Crippen LogP contribution in [0.3, 0.4) is 0 Å². The van der Waals surface area contributed by atoms with E-state index < -0.39 is 10.0 Å². The molecule has 0 radical (unpaired) electrons. The number of benzene rings is 1. The molecule has 3 N–H and O–H groups in total. The molecule has 0 spiro atoms. The number of anilines is 2. The highest BCUT2D eigenvalue weighted by Crippen LogP contribution is 2.21. The lowest BCUT2D eigenvalue weighted by molar-refractivity contribution is 0.601. The molecule has 102 valence electrons. The Labute approximate surface area is 120 Å². The van der Waals surface area contributed by atoms with Gasteiger partial charge in [0.1, 0.15) is 16.1 Å². The Morgan fingerprint density at radius 2 is 2.05 bits per heavy atom. The van der Waals surface area contributed by atoms with Gasteiger partial charge >= 0.3 is 0 Å². The smallest absolute Gasteiger partial charge is 0.263 e. The van der Waals surface area contributed by atoms with Crippen LogP contribution in [-0.2, 0) is 10.0 Å². The minimum Gasteiger partial charge on any atom is -0.399 e. The van der Waals surface area contributed by atoms with Crippen molar-refractivity contribution in [3.05, 3.63) is 47.2 Å². The van der Waals surface area contributed by atoms with Gasteiger partial charge in [0, 0.05) is 5.69 Å². The summed E-state index contributed by atoms with van der Waals surface area (Å²) >= 11 is 5.62. The van der Waals surface area contributed by atoms with E-state index in [4.69, 9.17) is 22.6 Å². The molecule has 0 atom stereocenters. The van der Waals surface area contributed by atoms with Crippen molar-refractivity contribution in [2.45, 2.75) is 4.90 Å². The summed E-state index contributed by atoms with van der Waals surface area (Å²) in [6.45, 7) is 0. The molecule has 1 aromatic carbocycles. The van der Waals surface area contributed by atoms with Crippen molar-refractivity contribution in [3.63, 3.8) is 0 Å². The topological polar surface area (TPSA) is 109 Å². The summed E-state index contributed by atoms with van der Waals surface area (Å²) in [6.07, 6.45) is 1.28. The maximum atomic E-state index is 12.2. The minimum absolute atomic E-state index is 0.0283. The van der Waals surface area contributed by atoms with Crippen molar-refractivity contribution < 1.29 is 8.42 Å². The van der Waals surface area contributed by atoms with E-state index in [1.54, 1.807) is 6.07 Å². The molecular weight excluding hydrogens is 300 g/mol. The van der Waals surface area contributed by atoms with Crippen molar-refractivity contribution in [1.82, 2.24) is 4.98 Å². The molecule has 6 nitrogen and oxygen atoms in total. The maximum absolute atomic E-state index is 12.2. The number of halogens is 1. The molecule has 20 heavy (non-hydrogen) atoms. The molecule has 0 saturated heterocycles. The van der Waals surface area contributed by atoms with E-state index in [1.807, 2.05) is 0 Å². The number of aromatic nitrogens is 1. The van der Waals surface area contributed by atoms with Crippen LogP contribution in [-0.4, -0.2) is 13.4 Å². The van der Waals surface area contributed by atoms with E-state index in [9.17, 15) is 8.42 Å². The van der Waals surface area contributed by atoms with E-state index in [0.717, 1.165) is 0 Å². The zero-order valence-corrected chi connectivity index (χ0v) is 11.6. The molecule has 8 heteroatoms. The number of rotatable bonds is 3. The van der Waals surface area contributed by atoms with Crippen LogP contribution in [0.5, 0.6) is 0 Å². The summed E-state index contributed by atoms with van der Waals surface area (Å²) in [4.78, 5) is 3.62. The summed E-state index contributed by atoms with van der Waals surface area (Å²) < 4.78 is 26.7. The minimum atomic E-state index is -3.90. The quantitative estimate of drug-likeness (QED) is 0.665. The summed E-state index contributed by atoms with van der Waals surface area (Å²) in [6, 6.07) is 8.71.